The summed E-state index contributed by atoms with van der Waals surface area (Å²) in [5.74, 6) is -0.190. The maximum atomic E-state index is 12.2. The molecule has 1 N–H and O–H groups in total. The van der Waals surface area contributed by atoms with Gasteiger partial charge in [0.05, 0.1) is 5.56 Å². The van der Waals surface area contributed by atoms with Gasteiger partial charge in [0.1, 0.15) is 12.4 Å². The number of rotatable bonds is 1. The molecule has 0 radical (unpaired) electrons. The lowest BCUT2D eigenvalue weighted by Crippen LogP contribution is -1.99. The van der Waals surface area contributed by atoms with Crippen LogP contribution in [0.4, 0.5) is 0 Å². The summed E-state index contributed by atoms with van der Waals surface area (Å²) in [7, 11) is 0. The maximum Gasteiger partial charge on any atom is 0.339 e. The van der Waals surface area contributed by atoms with Gasteiger partial charge in [0.2, 0.25) is 0 Å². The zero-order chi connectivity index (χ0) is 15.4. The van der Waals surface area contributed by atoms with Gasteiger partial charge in [-0.3, -0.25) is 0 Å². The summed E-state index contributed by atoms with van der Waals surface area (Å²) in [5, 5.41) is 16.3. The van der Waals surface area contributed by atoms with E-state index < -0.39 is 0 Å². The highest BCUT2D eigenvalue weighted by Crippen LogP contribution is 2.45. The first kappa shape index (κ1) is 13.3. The molecule has 2 heterocycles. The SMILES string of the molecule is Cc1cc2c(O)c3c(c(-c4ccsc4)c2cc1C)C(=O)OC3. The van der Waals surface area contributed by atoms with Crippen molar-refractivity contribution in [1.29, 1.82) is 0 Å². The van der Waals surface area contributed by atoms with Crippen molar-refractivity contribution in [3.63, 3.8) is 0 Å². The van der Waals surface area contributed by atoms with E-state index in [1.165, 1.54) is 0 Å². The molecular formula is C18H14O3S. The van der Waals surface area contributed by atoms with Crippen LogP contribution in [0, 0.1) is 13.8 Å². The first-order valence-corrected chi connectivity index (χ1v) is 8.00. The first-order chi connectivity index (χ1) is 10.6. The molecule has 4 heteroatoms. The fourth-order valence-corrected chi connectivity index (χ4v) is 3.71. The molecule has 0 fully saturated rings. The molecule has 1 aliphatic heterocycles. The number of fused-ring (bicyclic) bond motifs is 2. The Balaban J connectivity index is 2.24. The maximum absolute atomic E-state index is 12.2. The molecule has 1 aliphatic rings. The third-order valence-corrected chi connectivity index (χ3v) is 5.04. The second-order valence-corrected chi connectivity index (χ2v) is 6.43. The number of esters is 1. The summed E-state index contributed by atoms with van der Waals surface area (Å²) in [5.41, 5.74) is 5.22. The molecule has 0 spiro atoms. The van der Waals surface area contributed by atoms with E-state index in [4.69, 9.17) is 4.74 Å². The fourth-order valence-electron chi connectivity index (χ4n) is 3.07. The minimum Gasteiger partial charge on any atom is -0.507 e. The van der Waals surface area contributed by atoms with E-state index in [-0.39, 0.29) is 18.3 Å². The quantitative estimate of drug-likeness (QED) is 0.670. The van der Waals surface area contributed by atoms with Crippen molar-refractivity contribution >= 4 is 28.1 Å². The summed E-state index contributed by atoms with van der Waals surface area (Å²) in [6.07, 6.45) is 0. The van der Waals surface area contributed by atoms with Gasteiger partial charge in [-0.05, 0) is 58.8 Å². The molecule has 0 saturated carbocycles. The van der Waals surface area contributed by atoms with Crippen LogP contribution in [-0.4, -0.2) is 11.1 Å². The summed E-state index contributed by atoms with van der Waals surface area (Å²) in [4.78, 5) is 12.2. The third kappa shape index (κ3) is 1.70. The minimum absolute atomic E-state index is 0.139. The molecule has 0 bridgehead atoms. The molecule has 1 aromatic heterocycles. The van der Waals surface area contributed by atoms with Gasteiger partial charge in [0.15, 0.2) is 0 Å². The number of phenolic OH excluding ortho intramolecular Hbond substituents is 1. The lowest BCUT2D eigenvalue weighted by molar-refractivity contribution is 0.0535. The van der Waals surface area contributed by atoms with Gasteiger partial charge in [0, 0.05) is 16.5 Å². The van der Waals surface area contributed by atoms with E-state index >= 15 is 0 Å². The van der Waals surface area contributed by atoms with Crippen LogP contribution in [0.1, 0.15) is 27.0 Å². The number of hydrogen-bond donors (Lipinski definition) is 1. The number of aryl methyl sites for hydroxylation is 2. The van der Waals surface area contributed by atoms with Crippen molar-refractivity contribution < 1.29 is 14.6 Å². The van der Waals surface area contributed by atoms with Gasteiger partial charge >= 0.3 is 5.97 Å². The molecular weight excluding hydrogens is 296 g/mol. The zero-order valence-corrected chi connectivity index (χ0v) is 13.1. The molecule has 2 aromatic carbocycles. The van der Waals surface area contributed by atoms with Gasteiger partial charge in [-0.2, -0.15) is 11.3 Å². The molecule has 110 valence electrons. The Kier molecular flexibility index (Phi) is 2.78. The van der Waals surface area contributed by atoms with E-state index in [9.17, 15) is 9.90 Å². The van der Waals surface area contributed by atoms with E-state index in [0.29, 0.717) is 11.1 Å². The van der Waals surface area contributed by atoms with Crippen LogP contribution in [0.3, 0.4) is 0 Å². The second-order valence-electron chi connectivity index (χ2n) is 5.65. The lowest BCUT2D eigenvalue weighted by atomic mass is 9.89. The molecule has 4 rings (SSSR count). The van der Waals surface area contributed by atoms with Crippen LogP contribution in [0.25, 0.3) is 21.9 Å². The third-order valence-electron chi connectivity index (χ3n) is 4.36. The highest BCUT2D eigenvalue weighted by atomic mass is 32.1. The summed E-state index contributed by atoms with van der Waals surface area (Å²) in [6.45, 7) is 4.20. The highest BCUT2D eigenvalue weighted by Gasteiger charge is 2.31. The van der Waals surface area contributed by atoms with Gasteiger partial charge in [-0.15, -0.1) is 0 Å². The molecule has 3 nitrogen and oxygen atoms in total. The number of ether oxygens (including phenoxy) is 1. The molecule has 0 amide bonds. The van der Waals surface area contributed by atoms with Gasteiger partial charge in [0.25, 0.3) is 0 Å². The molecule has 0 unspecified atom stereocenters. The Morgan fingerprint density at radius 1 is 1.14 bits per heavy atom. The number of benzene rings is 2. The smallest absolute Gasteiger partial charge is 0.339 e. The lowest BCUT2D eigenvalue weighted by Gasteiger charge is -2.14. The van der Waals surface area contributed by atoms with Crippen LogP contribution in [0.2, 0.25) is 0 Å². The number of carbonyl (C=O) groups is 1. The van der Waals surface area contributed by atoms with Crippen molar-refractivity contribution in [2.24, 2.45) is 0 Å². The molecule has 0 aliphatic carbocycles. The average molecular weight is 310 g/mol. The normalized spacial score (nSPS) is 13.5. The first-order valence-electron chi connectivity index (χ1n) is 7.06. The van der Waals surface area contributed by atoms with Crippen molar-refractivity contribution in [3.8, 4) is 16.9 Å². The topological polar surface area (TPSA) is 46.5 Å². The Labute approximate surface area is 131 Å². The Hall–Kier alpha value is -2.33. The Morgan fingerprint density at radius 2 is 1.86 bits per heavy atom. The number of aromatic hydroxyl groups is 1. The average Bonchev–Trinajstić information content (AvgIpc) is 3.13. The van der Waals surface area contributed by atoms with Crippen LogP contribution < -0.4 is 0 Å². The minimum atomic E-state index is -0.355. The van der Waals surface area contributed by atoms with Gasteiger partial charge in [-0.25, -0.2) is 4.79 Å². The van der Waals surface area contributed by atoms with Crippen LogP contribution in [-0.2, 0) is 11.3 Å². The van der Waals surface area contributed by atoms with Crippen LogP contribution in [0.5, 0.6) is 5.75 Å². The van der Waals surface area contributed by atoms with E-state index in [1.54, 1.807) is 11.3 Å². The standard InChI is InChI=1S/C18H14O3S/c1-9-5-12-13(6-10(9)2)17(19)14-7-21-18(20)16(14)15(12)11-3-4-22-8-11/h3-6,8,19H,7H2,1-2H3. The Morgan fingerprint density at radius 3 is 2.55 bits per heavy atom. The fraction of sp³-hybridized carbons (Fsp3) is 0.167. The van der Waals surface area contributed by atoms with Crippen molar-refractivity contribution in [2.75, 3.05) is 0 Å². The summed E-state index contributed by atoms with van der Waals surface area (Å²) >= 11 is 1.59. The predicted octanol–water partition coefficient (Wildman–Crippen LogP) is 4.56. The number of carbonyl (C=O) groups excluding carboxylic acids is 1. The monoisotopic (exact) mass is 310 g/mol. The number of cyclic esters (lactones) is 1. The number of thiophene rings is 1. The van der Waals surface area contributed by atoms with E-state index in [2.05, 4.69) is 0 Å². The number of hydrogen-bond acceptors (Lipinski definition) is 4. The summed E-state index contributed by atoms with van der Waals surface area (Å²) in [6, 6.07) is 6.03. The summed E-state index contributed by atoms with van der Waals surface area (Å²) < 4.78 is 5.18. The van der Waals surface area contributed by atoms with Crippen molar-refractivity contribution in [1.82, 2.24) is 0 Å². The largest absolute Gasteiger partial charge is 0.507 e. The second kappa shape index (κ2) is 4.58. The van der Waals surface area contributed by atoms with Crippen LogP contribution in [0.15, 0.2) is 29.0 Å². The Bertz CT molecular complexity index is 924. The molecule has 22 heavy (non-hydrogen) atoms. The van der Waals surface area contributed by atoms with Gasteiger partial charge in [-0.1, -0.05) is 6.07 Å². The molecule has 0 atom stereocenters. The van der Waals surface area contributed by atoms with Crippen molar-refractivity contribution in [2.45, 2.75) is 20.5 Å². The van der Waals surface area contributed by atoms with E-state index in [1.807, 2.05) is 42.8 Å². The van der Waals surface area contributed by atoms with Crippen molar-refractivity contribution in [3.05, 3.63) is 51.2 Å². The predicted molar refractivity (Wildman–Crippen MR) is 87.5 cm³/mol. The highest BCUT2D eigenvalue weighted by molar-refractivity contribution is 7.08. The van der Waals surface area contributed by atoms with E-state index in [0.717, 1.165) is 33.0 Å². The van der Waals surface area contributed by atoms with Gasteiger partial charge < -0.3 is 9.84 Å². The van der Waals surface area contributed by atoms with Crippen LogP contribution >= 0.6 is 11.3 Å². The molecule has 3 aromatic rings. The number of phenols is 1. The zero-order valence-electron chi connectivity index (χ0n) is 12.3. The molecule has 0 saturated heterocycles.